The third kappa shape index (κ3) is 2.31. The van der Waals surface area contributed by atoms with Gasteiger partial charge >= 0.3 is 6.18 Å². The van der Waals surface area contributed by atoms with E-state index < -0.39 is 18.4 Å². The Balaban J connectivity index is 2.13. The van der Waals surface area contributed by atoms with E-state index in [9.17, 15) is 17.6 Å². The van der Waals surface area contributed by atoms with Gasteiger partial charge in [0.1, 0.15) is 12.2 Å². The Kier molecular flexibility index (Phi) is 3.09. The van der Waals surface area contributed by atoms with Crippen molar-refractivity contribution in [2.75, 3.05) is 0 Å². The first kappa shape index (κ1) is 14.7. The van der Waals surface area contributed by atoms with Crippen LogP contribution < -0.4 is 0 Å². The van der Waals surface area contributed by atoms with Crippen LogP contribution in [0.3, 0.4) is 0 Å². The fourth-order valence-corrected chi connectivity index (χ4v) is 2.52. The van der Waals surface area contributed by atoms with E-state index in [1.54, 1.807) is 24.3 Å². The van der Waals surface area contributed by atoms with Gasteiger partial charge in [0.15, 0.2) is 11.3 Å². The van der Waals surface area contributed by atoms with Gasteiger partial charge in [0, 0.05) is 0 Å². The maximum atomic E-state index is 13.3. The first-order valence-electron chi connectivity index (χ1n) is 6.96. The Morgan fingerprint density at radius 2 is 1.38 bits per heavy atom. The quantitative estimate of drug-likeness (QED) is 0.387. The molecule has 4 rings (SSSR count). The predicted octanol–water partition coefficient (Wildman–Crippen LogP) is 4.21. The molecule has 0 atom stereocenters. The highest BCUT2D eigenvalue weighted by Crippen LogP contribution is 2.35. The molecule has 0 aliphatic carbocycles. The lowest BCUT2D eigenvalue weighted by Crippen LogP contribution is -2.09. The largest absolute Gasteiger partial charge is 0.418 e. The standard InChI is InChI=1S/C16H8F4N4/c17-7-8-5-9(16(18,19)20)13-12(6-8)23-14-15(24-13)22-11-4-2-1-3-10(11)21-14/h1-6H,7H2. The van der Waals surface area contributed by atoms with E-state index in [-0.39, 0.29) is 27.9 Å². The van der Waals surface area contributed by atoms with Gasteiger partial charge in [0.25, 0.3) is 0 Å². The maximum absolute atomic E-state index is 13.3. The van der Waals surface area contributed by atoms with Gasteiger partial charge in [-0.15, -0.1) is 0 Å². The van der Waals surface area contributed by atoms with Gasteiger partial charge in [0.2, 0.25) is 0 Å². The van der Waals surface area contributed by atoms with Gasteiger partial charge in [-0.2, -0.15) is 13.2 Å². The summed E-state index contributed by atoms with van der Waals surface area (Å²) in [6.45, 7) is -1.03. The van der Waals surface area contributed by atoms with Crippen molar-refractivity contribution in [3.05, 3.63) is 47.5 Å². The number of alkyl halides is 4. The summed E-state index contributed by atoms with van der Waals surface area (Å²) in [5.41, 5.74) is -0.380. The summed E-state index contributed by atoms with van der Waals surface area (Å²) in [6, 6.07) is 8.90. The van der Waals surface area contributed by atoms with Crippen molar-refractivity contribution in [2.45, 2.75) is 12.9 Å². The smallest absolute Gasteiger partial charge is 0.246 e. The molecule has 0 bridgehead atoms. The summed E-state index contributed by atoms with van der Waals surface area (Å²) in [6.07, 6.45) is -4.67. The second-order valence-electron chi connectivity index (χ2n) is 5.23. The monoisotopic (exact) mass is 332 g/mol. The van der Waals surface area contributed by atoms with Gasteiger partial charge in [-0.3, -0.25) is 0 Å². The van der Waals surface area contributed by atoms with E-state index in [2.05, 4.69) is 19.9 Å². The summed E-state index contributed by atoms with van der Waals surface area (Å²) in [4.78, 5) is 16.6. The first-order valence-corrected chi connectivity index (χ1v) is 6.96. The second kappa shape index (κ2) is 5.05. The third-order valence-corrected chi connectivity index (χ3v) is 3.59. The molecule has 24 heavy (non-hydrogen) atoms. The lowest BCUT2D eigenvalue weighted by Gasteiger charge is -2.11. The summed E-state index contributed by atoms with van der Waals surface area (Å²) in [7, 11) is 0. The Bertz CT molecular complexity index is 1090. The molecule has 0 saturated carbocycles. The molecule has 0 N–H and O–H groups in total. The van der Waals surface area contributed by atoms with E-state index in [0.29, 0.717) is 11.0 Å². The zero-order chi connectivity index (χ0) is 16.9. The van der Waals surface area contributed by atoms with Crippen LogP contribution in [0.15, 0.2) is 36.4 Å². The Morgan fingerprint density at radius 3 is 1.96 bits per heavy atom. The SMILES string of the molecule is FCc1cc(C(F)(F)F)c2nc3nc4ccccc4nc3nc2c1. The highest BCUT2D eigenvalue weighted by Gasteiger charge is 2.34. The van der Waals surface area contributed by atoms with Crippen LogP contribution in [0.25, 0.3) is 33.4 Å². The summed E-state index contributed by atoms with van der Waals surface area (Å²) >= 11 is 0. The Morgan fingerprint density at radius 1 is 0.792 bits per heavy atom. The molecular formula is C16H8F4N4. The molecule has 0 radical (unpaired) electrons. The van der Waals surface area contributed by atoms with E-state index in [1.807, 2.05) is 0 Å². The van der Waals surface area contributed by atoms with Crippen LogP contribution in [0.4, 0.5) is 17.6 Å². The topological polar surface area (TPSA) is 51.6 Å². The van der Waals surface area contributed by atoms with Crippen LogP contribution in [0, 0.1) is 0 Å². The van der Waals surface area contributed by atoms with Crippen LogP contribution in [0.5, 0.6) is 0 Å². The van der Waals surface area contributed by atoms with Crippen LogP contribution in [-0.2, 0) is 12.9 Å². The molecule has 120 valence electrons. The Hall–Kier alpha value is -2.90. The van der Waals surface area contributed by atoms with E-state index >= 15 is 0 Å². The molecular weight excluding hydrogens is 324 g/mol. The van der Waals surface area contributed by atoms with Crippen molar-refractivity contribution in [3.8, 4) is 0 Å². The molecule has 0 aliphatic heterocycles. The molecule has 4 aromatic rings. The van der Waals surface area contributed by atoms with Gasteiger partial charge < -0.3 is 0 Å². The maximum Gasteiger partial charge on any atom is 0.418 e. The van der Waals surface area contributed by atoms with Gasteiger partial charge in [-0.25, -0.2) is 24.3 Å². The van der Waals surface area contributed by atoms with Crippen LogP contribution in [-0.4, -0.2) is 19.9 Å². The van der Waals surface area contributed by atoms with Crippen molar-refractivity contribution in [1.82, 2.24) is 19.9 Å². The zero-order valence-corrected chi connectivity index (χ0v) is 12.0. The number of fused-ring (bicyclic) bond motifs is 3. The number of hydrogen-bond acceptors (Lipinski definition) is 4. The summed E-state index contributed by atoms with van der Waals surface area (Å²) < 4.78 is 52.7. The number of nitrogens with zero attached hydrogens (tertiary/aromatic N) is 4. The minimum atomic E-state index is -4.67. The number of halogens is 4. The van der Waals surface area contributed by atoms with Gasteiger partial charge in [-0.05, 0) is 29.8 Å². The number of para-hydroxylation sites is 2. The second-order valence-corrected chi connectivity index (χ2v) is 5.23. The highest BCUT2D eigenvalue weighted by atomic mass is 19.4. The fraction of sp³-hybridized carbons (Fsp3) is 0.125. The van der Waals surface area contributed by atoms with Crippen molar-refractivity contribution >= 4 is 33.4 Å². The van der Waals surface area contributed by atoms with Gasteiger partial charge in [0.05, 0.1) is 22.1 Å². The average molecular weight is 332 g/mol. The number of aromatic nitrogens is 4. The molecule has 0 saturated heterocycles. The van der Waals surface area contributed by atoms with Crippen molar-refractivity contribution < 1.29 is 17.6 Å². The van der Waals surface area contributed by atoms with E-state index in [4.69, 9.17) is 0 Å². The molecule has 2 heterocycles. The molecule has 2 aromatic heterocycles. The minimum Gasteiger partial charge on any atom is -0.246 e. The predicted molar refractivity (Wildman–Crippen MR) is 80.0 cm³/mol. The zero-order valence-electron chi connectivity index (χ0n) is 12.0. The van der Waals surface area contributed by atoms with E-state index in [1.165, 1.54) is 6.07 Å². The van der Waals surface area contributed by atoms with Crippen LogP contribution >= 0.6 is 0 Å². The molecule has 8 heteroatoms. The van der Waals surface area contributed by atoms with Crippen LogP contribution in [0.1, 0.15) is 11.1 Å². The molecule has 0 unspecified atom stereocenters. The summed E-state index contributed by atoms with van der Waals surface area (Å²) in [5, 5.41) is 0. The van der Waals surface area contributed by atoms with Gasteiger partial charge in [-0.1, -0.05) is 12.1 Å². The molecule has 0 aliphatic rings. The third-order valence-electron chi connectivity index (χ3n) is 3.59. The molecule has 0 fully saturated rings. The number of rotatable bonds is 1. The Labute approximate surface area is 132 Å². The summed E-state index contributed by atoms with van der Waals surface area (Å²) in [5.74, 6) is 0. The molecule has 4 nitrogen and oxygen atoms in total. The fourth-order valence-electron chi connectivity index (χ4n) is 2.52. The number of benzene rings is 2. The lowest BCUT2D eigenvalue weighted by molar-refractivity contribution is -0.136. The minimum absolute atomic E-state index is 0.0136. The molecule has 0 spiro atoms. The van der Waals surface area contributed by atoms with Crippen molar-refractivity contribution in [3.63, 3.8) is 0 Å². The highest BCUT2D eigenvalue weighted by molar-refractivity contribution is 5.89. The first-order chi connectivity index (χ1) is 11.5. The van der Waals surface area contributed by atoms with Crippen LogP contribution in [0.2, 0.25) is 0 Å². The van der Waals surface area contributed by atoms with Crippen molar-refractivity contribution in [2.24, 2.45) is 0 Å². The average Bonchev–Trinajstić information content (AvgIpc) is 2.56. The van der Waals surface area contributed by atoms with Crippen molar-refractivity contribution in [1.29, 1.82) is 0 Å². The molecule has 0 amide bonds. The molecule has 2 aromatic carbocycles. The van der Waals surface area contributed by atoms with E-state index in [0.717, 1.165) is 6.07 Å². The normalized spacial score (nSPS) is 12.3. The lowest BCUT2D eigenvalue weighted by atomic mass is 10.1. The number of hydrogen-bond donors (Lipinski definition) is 0.